The van der Waals surface area contributed by atoms with E-state index in [0.717, 1.165) is 28.3 Å². The SMILES string of the molecule is CCCCCCc1ccc(-c2ccc(C(=O)O)c3ccccc23)cc1. The van der Waals surface area contributed by atoms with E-state index in [1.54, 1.807) is 6.07 Å². The standard InChI is InChI=1S/C23H24O2/c1-2-3-4-5-8-17-11-13-18(14-12-17)19-15-16-22(23(24)25)21-10-7-6-9-20(19)21/h6-7,9-16H,2-5,8H2,1H3,(H,24,25). The average molecular weight is 332 g/mol. The Balaban J connectivity index is 1.89. The number of carboxylic acid groups (broad SMARTS) is 1. The second-order valence-electron chi connectivity index (χ2n) is 6.52. The van der Waals surface area contributed by atoms with Crippen LogP contribution in [-0.4, -0.2) is 11.1 Å². The molecule has 0 bridgehead atoms. The summed E-state index contributed by atoms with van der Waals surface area (Å²) in [7, 11) is 0. The van der Waals surface area contributed by atoms with Crippen LogP contribution in [-0.2, 0) is 6.42 Å². The summed E-state index contributed by atoms with van der Waals surface area (Å²) in [6.07, 6.45) is 6.22. The monoisotopic (exact) mass is 332 g/mol. The van der Waals surface area contributed by atoms with Gasteiger partial charge in [0.1, 0.15) is 0 Å². The van der Waals surface area contributed by atoms with E-state index in [1.165, 1.54) is 31.2 Å². The summed E-state index contributed by atoms with van der Waals surface area (Å²) in [5.41, 5.74) is 3.93. The summed E-state index contributed by atoms with van der Waals surface area (Å²) in [5, 5.41) is 11.2. The number of unbranched alkanes of at least 4 members (excludes halogenated alkanes) is 3. The van der Waals surface area contributed by atoms with Crippen LogP contribution in [0.3, 0.4) is 0 Å². The summed E-state index contributed by atoms with van der Waals surface area (Å²) < 4.78 is 0. The van der Waals surface area contributed by atoms with Crippen LogP contribution in [0, 0.1) is 0 Å². The van der Waals surface area contributed by atoms with Crippen molar-refractivity contribution in [3.05, 3.63) is 71.8 Å². The lowest BCUT2D eigenvalue weighted by atomic mass is 9.94. The zero-order chi connectivity index (χ0) is 17.6. The lowest BCUT2D eigenvalue weighted by molar-refractivity contribution is 0.0699. The summed E-state index contributed by atoms with van der Waals surface area (Å²) in [5.74, 6) is -0.884. The molecule has 0 saturated heterocycles. The van der Waals surface area contributed by atoms with Gasteiger partial charge in [0.25, 0.3) is 0 Å². The van der Waals surface area contributed by atoms with Crippen molar-refractivity contribution in [2.75, 3.05) is 0 Å². The molecule has 0 unspecified atom stereocenters. The quantitative estimate of drug-likeness (QED) is 0.513. The maximum Gasteiger partial charge on any atom is 0.336 e. The van der Waals surface area contributed by atoms with Crippen molar-refractivity contribution in [2.45, 2.75) is 39.0 Å². The van der Waals surface area contributed by atoms with Gasteiger partial charge in [0.2, 0.25) is 0 Å². The van der Waals surface area contributed by atoms with Gasteiger partial charge in [-0.1, -0.05) is 80.8 Å². The summed E-state index contributed by atoms with van der Waals surface area (Å²) in [6.45, 7) is 2.23. The maximum absolute atomic E-state index is 11.5. The van der Waals surface area contributed by atoms with Gasteiger partial charge < -0.3 is 5.11 Å². The molecule has 0 radical (unpaired) electrons. The predicted octanol–water partition coefficient (Wildman–Crippen LogP) is 6.33. The smallest absolute Gasteiger partial charge is 0.336 e. The molecule has 0 atom stereocenters. The highest BCUT2D eigenvalue weighted by Gasteiger charge is 2.11. The third kappa shape index (κ3) is 3.90. The molecule has 0 aromatic heterocycles. The molecule has 0 spiro atoms. The fourth-order valence-corrected chi connectivity index (χ4v) is 3.34. The lowest BCUT2D eigenvalue weighted by Crippen LogP contribution is -1.98. The summed E-state index contributed by atoms with van der Waals surface area (Å²) >= 11 is 0. The molecule has 3 aromatic carbocycles. The third-order valence-electron chi connectivity index (χ3n) is 4.74. The zero-order valence-electron chi connectivity index (χ0n) is 14.7. The zero-order valence-corrected chi connectivity index (χ0v) is 14.7. The Kier molecular flexibility index (Phi) is 5.49. The molecule has 0 saturated carbocycles. The van der Waals surface area contributed by atoms with Gasteiger partial charge in [-0.3, -0.25) is 0 Å². The van der Waals surface area contributed by atoms with Gasteiger partial charge in [-0.25, -0.2) is 4.79 Å². The second-order valence-corrected chi connectivity index (χ2v) is 6.52. The minimum Gasteiger partial charge on any atom is -0.478 e. The van der Waals surface area contributed by atoms with Crippen molar-refractivity contribution >= 4 is 16.7 Å². The van der Waals surface area contributed by atoms with E-state index < -0.39 is 5.97 Å². The van der Waals surface area contributed by atoms with Gasteiger partial charge in [-0.15, -0.1) is 0 Å². The molecule has 3 rings (SSSR count). The Morgan fingerprint density at radius 3 is 2.24 bits per heavy atom. The first-order valence-corrected chi connectivity index (χ1v) is 9.05. The Morgan fingerprint density at radius 1 is 0.840 bits per heavy atom. The third-order valence-corrected chi connectivity index (χ3v) is 4.74. The topological polar surface area (TPSA) is 37.3 Å². The van der Waals surface area contributed by atoms with Crippen molar-refractivity contribution in [3.8, 4) is 11.1 Å². The molecule has 25 heavy (non-hydrogen) atoms. The number of hydrogen-bond acceptors (Lipinski definition) is 1. The van der Waals surface area contributed by atoms with Crippen molar-refractivity contribution < 1.29 is 9.90 Å². The predicted molar refractivity (Wildman–Crippen MR) is 104 cm³/mol. The minimum absolute atomic E-state index is 0.354. The van der Waals surface area contributed by atoms with Crippen LogP contribution in [0.1, 0.15) is 48.5 Å². The Morgan fingerprint density at radius 2 is 1.56 bits per heavy atom. The molecule has 0 heterocycles. The number of carboxylic acids is 1. The van der Waals surface area contributed by atoms with Gasteiger partial charge in [0, 0.05) is 0 Å². The number of benzene rings is 3. The molecule has 2 nitrogen and oxygen atoms in total. The number of aromatic carboxylic acids is 1. The van der Waals surface area contributed by atoms with E-state index in [2.05, 4.69) is 31.2 Å². The van der Waals surface area contributed by atoms with Crippen LogP contribution in [0.4, 0.5) is 0 Å². The highest BCUT2D eigenvalue weighted by Crippen LogP contribution is 2.31. The Hall–Kier alpha value is -2.61. The van der Waals surface area contributed by atoms with Gasteiger partial charge in [0.15, 0.2) is 0 Å². The van der Waals surface area contributed by atoms with Gasteiger partial charge in [-0.05, 0) is 46.4 Å². The first kappa shape index (κ1) is 17.2. The van der Waals surface area contributed by atoms with Gasteiger partial charge >= 0.3 is 5.97 Å². The molecule has 128 valence electrons. The van der Waals surface area contributed by atoms with Crippen LogP contribution in [0.15, 0.2) is 60.7 Å². The van der Waals surface area contributed by atoms with E-state index in [4.69, 9.17) is 0 Å². The van der Waals surface area contributed by atoms with E-state index >= 15 is 0 Å². The molecule has 0 aliphatic carbocycles. The van der Waals surface area contributed by atoms with Crippen molar-refractivity contribution in [1.82, 2.24) is 0 Å². The van der Waals surface area contributed by atoms with Crippen LogP contribution in [0.25, 0.3) is 21.9 Å². The number of aryl methyl sites for hydroxylation is 1. The number of carbonyl (C=O) groups is 1. The fourth-order valence-electron chi connectivity index (χ4n) is 3.34. The van der Waals surface area contributed by atoms with E-state index in [0.29, 0.717) is 5.56 Å². The highest BCUT2D eigenvalue weighted by atomic mass is 16.4. The van der Waals surface area contributed by atoms with Crippen molar-refractivity contribution in [3.63, 3.8) is 0 Å². The fraction of sp³-hybridized carbons (Fsp3) is 0.261. The normalized spacial score (nSPS) is 10.9. The van der Waals surface area contributed by atoms with Crippen LogP contribution >= 0.6 is 0 Å². The molecule has 0 aliphatic rings. The first-order valence-electron chi connectivity index (χ1n) is 9.05. The summed E-state index contributed by atoms with van der Waals surface area (Å²) in [6, 6.07) is 20.0. The van der Waals surface area contributed by atoms with Crippen LogP contribution < -0.4 is 0 Å². The molecule has 0 aliphatic heterocycles. The molecular formula is C23H24O2. The molecule has 1 N–H and O–H groups in total. The Bertz CT molecular complexity index is 863. The highest BCUT2D eigenvalue weighted by molar-refractivity contribution is 6.08. The molecule has 0 fully saturated rings. The maximum atomic E-state index is 11.5. The van der Waals surface area contributed by atoms with Gasteiger partial charge in [-0.2, -0.15) is 0 Å². The summed E-state index contributed by atoms with van der Waals surface area (Å²) in [4.78, 5) is 11.5. The van der Waals surface area contributed by atoms with E-state index in [9.17, 15) is 9.90 Å². The number of rotatable bonds is 7. The van der Waals surface area contributed by atoms with Gasteiger partial charge in [0.05, 0.1) is 5.56 Å². The number of fused-ring (bicyclic) bond motifs is 1. The first-order chi connectivity index (χ1) is 12.2. The van der Waals surface area contributed by atoms with Crippen molar-refractivity contribution in [2.24, 2.45) is 0 Å². The van der Waals surface area contributed by atoms with Crippen LogP contribution in [0.5, 0.6) is 0 Å². The lowest BCUT2D eigenvalue weighted by Gasteiger charge is -2.10. The molecular weight excluding hydrogens is 308 g/mol. The van der Waals surface area contributed by atoms with Crippen LogP contribution in [0.2, 0.25) is 0 Å². The Labute approximate surface area is 149 Å². The largest absolute Gasteiger partial charge is 0.478 e. The molecule has 0 amide bonds. The number of hydrogen-bond donors (Lipinski definition) is 1. The second kappa shape index (κ2) is 7.98. The molecule has 2 heteroatoms. The van der Waals surface area contributed by atoms with Crippen molar-refractivity contribution in [1.29, 1.82) is 0 Å². The average Bonchev–Trinajstić information content (AvgIpc) is 2.65. The van der Waals surface area contributed by atoms with E-state index in [-0.39, 0.29) is 0 Å². The molecule has 3 aromatic rings. The minimum atomic E-state index is -0.884. The van der Waals surface area contributed by atoms with E-state index in [1.807, 2.05) is 30.3 Å².